The van der Waals surface area contributed by atoms with Crippen LogP contribution in [0, 0.1) is 11.3 Å². The third kappa shape index (κ3) is 4.35. The number of hydrogen-bond acceptors (Lipinski definition) is 4. The van der Waals surface area contributed by atoms with E-state index in [1.807, 2.05) is 27.8 Å². The molecule has 2 aliphatic rings. The molecule has 6 heteroatoms. The molecule has 1 saturated heterocycles. The molecule has 1 aliphatic carbocycles. The lowest BCUT2D eigenvalue weighted by molar-refractivity contribution is 0.0716. The molecule has 2 heterocycles. The number of carbonyl (C=O) groups is 1. The molecule has 1 atom stereocenters. The fourth-order valence-corrected chi connectivity index (χ4v) is 4.47. The molecule has 0 saturated carbocycles. The summed E-state index contributed by atoms with van der Waals surface area (Å²) >= 11 is 0. The second kappa shape index (κ2) is 9.23. The Balaban J connectivity index is 1.61. The van der Waals surface area contributed by atoms with Crippen molar-refractivity contribution in [2.75, 3.05) is 19.6 Å². The maximum Gasteiger partial charge on any atom is 0.274 e. The largest absolute Gasteiger partial charge is 0.337 e. The van der Waals surface area contributed by atoms with Crippen LogP contribution in [0.15, 0.2) is 30.3 Å². The standard InChI is InChI=1S/C23H29N5O/c24-13-5-6-14-25-18-11-12-21-20(17-18)22(23(29)27-15-7-2-8-16-27)26-28(21)19-9-3-1-4-10-19/h1,3-4,9-10,18,25H,2,5-8,11-12,14-17H2. The topological polar surface area (TPSA) is 74.0 Å². The third-order valence-corrected chi connectivity index (χ3v) is 6.01. The third-order valence-electron chi connectivity index (χ3n) is 6.01. The molecule has 1 unspecified atom stereocenters. The van der Waals surface area contributed by atoms with Gasteiger partial charge in [-0.05, 0) is 63.6 Å². The first kappa shape index (κ1) is 19.7. The van der Waals surface area contributed by atoms with Crippen LogP contribution >= 0.6 is 0 Å². The number of unbranched alkanes of at least 4 members (excludes halogenated alkanes) is 1. The van der Waals surface area contributed by atoms with Crippen LogP contribution < -0.4 is 5.32 Å². The number of aromatic nitrogens is 2. The van der Waals surface area contributed by atoms with Crippen LogP contribution in [-0.2, 0) is 12.8 Å². The number of nitriles is 1. The molecule has 2 aromatic rings. The molecule has 1 aromatic heterocycles. The monoisotopic (exact) mass is 391 g/mol. The maximum absolute atomic E-state index is 13.3. The molecule has 0 bridgehead atoms. The van der Waals surface area contributed by atoms with Gasteiger partial charge in [-0.15, -0.1) is 0 Å². The van der Waals surface area contributed by atoms with Crippen molar-refractivity contribution in [2.45, 2.75) is 57.4 Å². The van der Waals surface area contributed by atoms with Crippen LogP contribution in [0.2, 0.25) is 0 Å². The van der Waals surface area contributed by atoms with Crippen molar-refractivity contribution in [1.82, 2.24) is 20.0 Å². The summed E-state index contributed by atoms with van der Waals surface area (Å²) in [5.41, 5.74) is 3.93. The van der Waals surface area contributed by atoms with Gasteiger partial charge in [0.1, 0.15) is 0 Å². The Morgan fingerprint density at radius 1 is 1.21 bits per heavy atom. The van der Waals surface area contributed by atoms with E-state index in [4.69, 9.17) is 10.4 Å². The van der Waals surface area contributed by atoms with Crippen LogP contribution in [0.5, 0.6) is 0 Å². The molecule has 0 spiro atoms. The number of rotatable bonds is 6. The van der Waals surface area contributed by atoms with Gasteiger partial charge in [0.15, 0.2) is 5.69 Å². The molecule has 1 amide bonds. The maximum atomic E-state index is 13.3. The van der Waals surface area contributed by atoms with Crippen LogP contribution in [-0.4, -0.2) is 46.3 Å². The first-order valence-corrected chi connectivity index (χ1v) is 10.8. The van der Waals surface area contributed by atoms with Crippen molar-refractivity contribution in [3.05, 3.63) is 47.3 Å². The van der Waals surface area contributed by atoms with E-state index >= 15 is 0 Å². The summed E-state index contributed by atoms with van der Waals surface area (Å²) in [5, 5.41) is 17.1. The number of nitrogens with one attached hydrogen (secondary N) is 1. The van der Waals surface area contributed by atoms with Crippen LogP contribution in [0.1, 0.15) is 60.3 Å². The first-order valence-electron chi connectivity index (χ1n) is 10.8. The van der Waals surface area contributed by atoms with Crippen molar-refractivity contribution in [1.29, 1.82) is 5.26 Å². The SMILES string of the molecule is N#CCCCNC1CCc2c(c(C(=O)N3CCCCC3)nn2-c2ccccc2)C1. The molecule has 6 nitrogen and oxygen atoms in total. The van der Waals surface area contributed by atoms with E-state index in [1.165, 1.54) is 12.1 Å². The molecule has 1 N–H and O–H groups in total. The molecule has 1 aliphatic heterocycles. The fourth-order valence-electron chi connectivity index (χ4n) is 4.47. The smallest absolute Gasteiger partial charge is 0.274 e. The summed E-state index contributed by atoms with van der Waals surface area (Å²) in [7, 11) is 0. The van der Waals surface area contributed by atoms with Gasteiger partial charge in [0.2, 0.25) is 0 Å². The average molecular weight is 392 g/mol. The fraction of sp³-hybridized carbons (Fsp3) is 0.522. The zero-order chi connectivity index (χ0) is 20.1. The number of benzene rings is 1. The van der Waals surface area contributed by atoms with Gasteiger partial charge in [0, 0.05) is 36.8 Å². The number of amides is 1. The van der Waals surface area contributed by atoms with Gasteiger partial charge in [-0.1, -0.05) is 18.2 Å². The molecule has 1 aromatic carbocycles. The second-order valence-corrected chi connectivity index (χ2v) is 8.03. The van der Waals surface area contributed by atoms with Crippen LogP contribution in [0.25, 0.3) is 5.69 Å². The number of hydrogen-bond donors (Lipinski definition) is 1. The van der Waals surface area contributed by atoms with E-state index in [-0.39, 0.29) is 5.91 Å². The number of fused-ring (bicyclic) bond motifs is 1. The summed E-state index contributed by atoms with van der Waals surface area (Å²) in [4.78, 5) is 15.3. The highest BCUT2D eigenvalue weighted by atomic mass is 16.2. The van der Waals surface area contributed by atoms with Gasteiger partial charge in [0.25, 0.3) is 5.91 Å². The van der Waals surface area contributed by atoms with Crippen molar-refractivity contribution in [3.8, 4) is 11.8 Å². The predicted octanol–water partition coefficient (Wildman–Crippen LogP) is 3.25. The summed E-state index contributed by atoms with van der Waals surface area (Å²) in [5.74, 6) is 0.0840. The lowest BCUT2D eigenvalue weighted by Crippen LogP contribution is -2.38. The normalized spacial score (nSPS) is 18.9. The van der Waals surface area contributed by atoms with E-state index in [2.05, 4.69) is 23.5 Å². The lowest BCUT2D eigenvalue weighted by Gasteiger charge is -2.27. The summed E-state index contributed by atoms with van der Waals surface area (Å²) in [6.45, 7) is 2.51. The Morgan fingerprint density at radius 2 is 2.00 bits per heavy atom. The molecular formula is C23H29N5O. The number of para-hydroxylation sites is 1. The average Bonchev–Trinajstić information content (AvgIpc) is 3.16. The van der Waals surface area contributed by atoms with Crippen LogP contribution in [0.4, 0.5) is 0 Å². The van der Waals surface area contributed by atoms with E-state index in [1.54, 1.807) is 0 Å². The Kier molecular flexibility index (Phi) is 6.26. The van der Waals surface area contributed by atoms with E-state index in [0.717, 1.165) is 69.4 Å². The van der Waals surface area contributed by atoms with Gasteiger partial charge >= 0.3 is 0 Å². The van der Waals surface area contributed by atoms with Crippen molar-refractivity contribution in [3.63, 3.8) is 0 Å². The number of likely N-dealkylation sites (tertiary alicyclic amines) is 1. The number of nitrogens with zero attached hydrogens (tertiary/aromatic N) is 4. The highest BCUT2D eigenvalue weighted by Crippen LogP contribution is 2.28. The Hall–Kier alpha value is -2.65. The highest BCUT2D eigenvalue weighted by Gasteiger charge is 2.31. The van der Waals surface area contributed by atoms with E-state index in [0.29, 0.717) is 18.2 Å². The Labute approximate surface area is 172 Å². The molecule has 152 valence electrons. The van der Waals surface area contributed by atoms with Gasteiger partial charge in [-0.3, -0.25) is 4.79 Å². The summed E-state index contributed by atoms with van der Waals surface area (Å²) in [6.07, 6.45) is 7.56. The summed E-state index contributed by atoms with van der Waals surface area (Å²) in [6, 6.07) is 12.7. The minimum absolute atomic E-state index is 0.0840. The zero-order valence-electron chi connectivity index (χ0n) is 16.9. The Morgan fingerprint density at radius 3 is 2.76 bits per heavy atom. The summed E-state index contributed by atoms with van der Waals surface area (Å²) < 4.78 is 1.98. The highest BCUT2D eigenvalue weighted by molar-refractivity contribution is 5.94. The molecule has 29 heavy (non-hydrogen) atoms. The first-order chi connectivity index (χ1) is 14.3. The van der Waals surface area contributed by atoms with E-state index < -0.39 is 0 Å². The van der Waals surface area contributed by atoms with Gasteiger partial charge < -0.3 is 10.2 Å². The number of piperidine rings is 1. The lowest BCUT2D eigenvalue weighted by atomic mass is 9.90. The van der Waals surface area contributed by atoms with Crippen molar-refractivity contribution in [2.24, 2.45) is 0 Å². The molecular weight excluding hydrogens is 362 g/mol. The van der Waals surface area contributed by atoms with E-state index in [9.17, 15) is 4.79 Å². The van der Waals surface area contributed by atoms with Crippen LogP contribution in [0.3, 0.4) is 0 Å². The molecule has 1 fully saturated rings. The minimum Gasteiger partial charge on any atom is -0.337 e. The molecule has 0 radical (unpaired) electrons. The zero-order valence-corrected chi connectivity index (χ0v) is 16.9. The Bertz CT molecular complexity index is 877. The second-order valence-electron chi connectivity index (χ2n) is 8.03. The van der Waals surface area contributed by atoms with Gasteiger partial charge in [-0.2, -0.15) is 10.4 Å². The molecule has 4 rings (SSSR count). The van der Waals surface area contributed by atoms with Gasteiger partial charge in [-0.25, -0.2) is 4.68 Å². The minimum atomic E-state index is 0.0840. The number of carbonyl (C=O) groups excluding carboxylic acids is 1. The van der Waals surface area contributed by atoms with Crippen molar-refractivity contribution < 1.29 is 4.79 Å². The van der Waals surface area contributed by atoms with Crippen molar-refractivity contribution >= 4 is 5.91 Å². The van der Waals surface area contributed by atoms with Gasteiger partial charge in [0.05, 0.1) is 11.8 Å². The predicted molar refractivity (Wildman–Crippen MR) is 112 cm³/mol. The quantitative estimate of drug-likeness (QED) is 0.767.